The van der Waals surface area contributed by atoms with Gasteiger partial charge in [0.15, 0.2) is 0 Å². The number of piperidine rings is 1. The number of aliphatic hydroxyl groups excluding tert-OH is 2. The monoisotopic (exact) mass is 214 g/mol. The van der Waals surface area contributed by atoms with Gasteiger partial charge in [0.2, 0.25) is 0 Å². The maximum Gasteiger partial charge on any atom is 0.0938 e. The number of β-amino-alcohol motifs (C(OH)–C–C–N with tert-alkyl or cyclic N) is 2. The Kier molecular flexibility index (Phi) is 3.97. The van der Waals surface area contributed by atoms with Crippen LogP contribution in [0.4, 0.5) is 0 Å². The van der Waals surface area contributed by atoms with Crippen LogP contribution >= 0.6 is 0 Å². The molecule has 0 amide bonds. The summed E-state index contributed by atoms with van der Waals surface area (Å²) < 4.78 is 0. The van der Waals surface area contributed by atoms with Crippen molar-refractivity contribution in [1.82, 2.24) is 9.80 Å². The van der Waals surface area contributed by atoms with Crippen molar-refractivity contribution in [3.63, 3.8) is 0 Å². The van der Waals surface area contributed by atoms with E-state index >= 15 is 0 Å². The van der Waals surface area contributed by atoms with E-state index in [0.717, 1.165) is 13.1 Å². The van der Waals surface area contributed by atoms with Crippen LogP contribution in [0.15, 0.2) is 0 Å². The van der Waals surface area contributed by atoms with Crippen LogP contribution < -0.4 is 0 Å². The topological polar surface area (TPSA) is 46.9 Å². The number of rotatable bonds is 3. The Hall–Kier alpha value is -0.160. The fourth-order valence-electron chi connectivity index (χ4n) is 2.50. The minimum Gasteiger partial charge on any atom is -0.389 e. The average molecular weight is 214 g/mol. The summed E-state index contributed by atoms with van der Waals surface area (Å²) in [6.45, 7) is 5.77. The van der Waals surface area contributed by atoms with Crippen molar-refractivity contribution < 1.29 is 10.2 Å². The molecule has 88 valence electrons. The minimum atomic E-state index is -0.536. The molecule has 2 saturated heterocycles. The van der Waals surface area contributed by atoms with Crippen molar-refractivity contribution in [2.24, 2.45) is 0 Å². The normalized spacial score (nSPS) is 34.8. The zero-order valence-corrected chi connectivity index (χ0v) is 9.31. The fourth-order valence-corrected chi connectivity index (χ4v) is 2.50. The molecule has 2 aliphatic rings. The van der Waals surface area contributed by atoms with E-state index in [0.29, 0.717) is 13.1 Å². The molecular formula is C11H22N2O2. The van der Waals surface area contributed by atoms with Crippen LogP contribution in [0.1, 0.15) is 19.3 Å². The summed E-state index contributed by atoms with van der Waals surface area (Å²) in [5.74, 6) is 0. The van der Waals surface area contributed by atoms with Gasteiger partial charge in [0.1, 0.15) is 0 Å². The number of hydrogen-bond acceptors (Lipinski definition) is 4. The van der Waals surface area contributed by atoms with Crippen molar-refractivity contribution in [3.8, 4) is 0 Å². The predicted molar refractivity (Wildman–Crippen MR) is 58.7 cm³/mol. The lowest BCUT2D eigenvalue weighted by Gasteiger charge is -2.28. The van der Waals surface area contributed by atoms with Gasteiger partial charge in [-0.3, -0.25) is 4.90 Å². The van der Waals surface area contributed by atoms with E-state index in [4.69, 9.17) is 0 Å². The molecule has 2 fully saturated rings. The Morgan fingerprint density at radius 2 is 1.33 bits per heavy atom. The van der Waals surface area contributed by atoms with E-state index < -0.39 is 12.2 Å². The molecule has 0 radical (unpaired) electrons. The fraction of sp³-hybridized carbons (Fsp3) is 1.00. The van der Waals surface area contributed by atoms with Crippen molar-refractivity contribution in [2.45, 2.75) is 31.5 Å². The Bertz CT molecular complexity index is 185. The Morgan fingerprint density at radius 3 is 1.93 bits per heavy atom. The lowest BCUT2D eigenvalue weighted by molar-refractivity contribution is 0.0572. The molecule has 0 aliphatic carbocycles. The van der Waals surface area contributed by atoms with Gasteiger partial charge in [-0.05, 0) is 25.9 Å². The van der Waals surface area contributed by atoms with Crippen LogP contribution in [0.3, 0.4) is 0 Å². The van der Waals surface area contributed by atoms with E-state index in [1.807, 2.05) is 0 Å². The van der Waals surface area contributed by atoms with Crippen molar-refractivity contribution >= 4 is 0 Å². The minimum absolute atomic E-state index is 0.536. The SMILES string of the molecule is O[C@@H]1CN(CCN2CCCCC2)C[C@@H]1O. The van der Waals surface area contributed by atoms with Crippen LogP contribution in [-0.2, 0) is 0 Å². The number of aliphatic hydroxyl groups is 2. The second-order valence-electron chi connectivity index (χ2n) is 4.80. The van der Waals surface area contributed by atoms with Gasteiger partial charge in [0.05, 0.1) is 12.2 Å². The summed E-state index contributed by atoms with van der Waals surface area (Å²) in [6.07, 6.45) is 2.95. The van der Waals surface area contributed by atoms with E-state index in [1.54, 1.807) is 0 Å². The summed E-state index contributed by atoms with van der Waals surface area (Å²) in [5.41, 5.74) is 0. The van der Waals surface area contributed by atoms with E-state index in [1.165, 1.54) is 32.4 Å². The van der Waals surface area contributed by atoms with Crippen LogP contribution in [0.2, 0.25) is 0 Å². The second kappa shape index (κ2) is 5.25. The standard InChI is InChI=1S/C11H22N2O2/c14-10-8-13(9-11(10)15)7-6-12-4-2-1-3-5-12/h10-11,14-15H,1-9H2/t10-,11+. The number of likely N-dealkylation sites (tertiary alicyclic amines) is 2. The summed E-state index contributed by atoms with van der Waals surface area (Å²) in [7, 11) is 0. The molecule has 0 spiro atoms. The first kappa shape index (κ1) is 11.3. The third-order valence-electron chi connectivity index (χ3n) is 3.52. The predicted octanol–water partition coefficient (Wildman–Crippen LogP) is -0.490. The molecule has 4 nitrogen and oxygen atoms in total. The summed E-state index contributed by atoms with van der Waals surface area (Å²) in [5, 5.41) is 18.8. The summed E-state index contributed by atoms with van der Waals surface area (Å²) in [6, 6.07) is 0. The number of hydrogen-bond donors (Lipinski definition) is 2. The molecule has 0 aromatic heterocycles. The van der Waals surface area contributed by atoms with Gasteiger partial charge in [-0.25, -0.2) is 0 Å². The average Bonchev–Trinajstić information content (AvgIpc) is 2.57. The highest BCUT2D eigenvalue weighted by Gasteiger charge is 2.29. The lowest BCUT2D eigenvalue weighted by Crippen LogP contribution is -2.37. The van der Waals surface area contributed by atoms with E-state index in [2.05, 4.69) is 9.80 Å². The molecule has 0 bridgehead atoms. The van der Waals surface area contributed by atoms with Gasteiger partial charge >= 0.3 is 0 Å². The molecule has 2 rings (SSSR count). The first-order valence-corrected chi connectivity index (χ1v) is 6.06. The quantitative estimate of drug-likeness (QED) is 0.665. The van der Waals surface area contributed by atoms with Gasteiger partial charge in [-0.2, -0.15) is 0 Å². The smallest absolute Gasteiger partial charge is 0.0938 e. The maximum absolute atomic E-state index is 9.40. The molecule has 0 saturated carbocycles. The largest absolute Gasteiger partial charge is 0.389 e. The van der Waals surface area contributed by atoms with Gasteiger partial charge in [0.25, 0.3) is 0 Å². The molecular weight excluding hydrogens is 192 g/mol. The summed E-state index contributed by atoms with van der Waals surface area (Å²) >= 11 is 0. The highest BCUT2D eigenvalue weighted by Crippen LogP contribution is 2.11. The van der Waals surface area contributed by atoms with Gasteiger partial charge in [-0.1, -0.05) is 6.42 Å². The van der Waals surface area contributed by atoms with Crippen molar-refractivity contribution in [2.75, 3.05) is 39.3 Å². The first-order chi connectivity index (χ1) is 7.25. The zero-order valence-electron chi connectivity index (χ0n) is 9.31. The molecule has 4 heteroatoms. The van der Waals surface area contributed by atoms with Crippen molar-refractivity contribution in [1.29, 1.82) is 0 Å². The molecule has 2 atom stereocenters. The third kappa shape index (κ3) is 3.14. The highest BCUT2D eigenvalue weighted by molar-refractivity contribution is 4.83. The van der Waals surface area contributed by atoms with E-state index in [9.17, 15) is 10.2 Å². The molecule has 0 unspecified atom stereocenters. The highest BCUT2D eigenvalue weighted by atomic mass is 16.3. The molecule has 15 heavy (non-hydrogen) atoms. The molecule has 2 aliphatic heterocycles. The molecule has 0 aromatic rings. The first-order valence-electron chi connectivity index (χ1n) is 6.06. The van der Waals surface area contributed by atoms with Gasteiger partial charge < -0.3 is 15.1 Å². The van der Waals surface area contributed by atoms with Crippen LogP contribution in [0.5, 0.6) is 0 Å². The van der Waals surface area contributed by atoms with Crippen LogP contribution in [0, 0.1) is 0 Å². The van der Waals surface area contributed by atoms with Crippen LogP contribution in [0.25, 0.3) is 0 Å². The molecule has 2 heterocycles. The van der Waals surface area contributed by atoms with Crippen molar-refractivity contribution in [3.05, 3.63) is 0 Å². The third-order valence-corrected chi connectivity index (χ3v) is 3.52. The van der Waals surface area contributed by atoms with Gasteiger partial charge in [-0.15, -0.1) is 0 Å². The van der Waals surface area contributed by atoms with E-state index in [-0.39, 0.29) is 0 Å². The Morgan fingerprint density at radius 1 is 0.800 bits per heavy atom. The maximum atomic E-state index is 9.40. The molecule has 2 N–H and O–H groups in total. The number of nitrogens with zero attached hydrogens (tertiary/aromatic N) is 2. The van der Waals surface area contributed by atoms with Crippen LogP contribution in [-0.4, -0.2) is 71.5 Å². The Balaban J connectivity index is 1.65. The molecule has 0 aromatic carbocycles. The second-order valence-corrected chi connectivity index (χ2v) is 4.80. The lowest BCUT2D eigenvalue weighted by atomic mass is 10.1. The Labute approximate surface area is 91.5 Å². The van der Waals surface area contributed by atoms with Gasteiger partial charge in [0, 0.05) is 26.2 Å². The summed E-state index contributed by atoms with van der Waals surface area (Å²) in [4.78, 5) is 4.64. The zero-order chi connectivity index (χ0) is 10.7.